The largest absolute Gasteiger partial charge is 0.494 e. The van der Waals surface area contributed by atoms with Gasteiger partial charge in [-0.25, -0.2) is 8.42 Å². The summed E-state index contributed by atoms with van der Waals surface area (Å²) in [6.45, 7) is 5.76. The van der Waals surface area contributed by atoms with Crippen LogP contribution in [0.5, 0.6) is 11.5 Å². The van der Waals surface area contributed by atoms with Gasteiger partial charge >= 0.3 is 0 Å². The molecule has 3 rings (SSSR count). The highest BCUT2D eigenvalue weighted by Gasteiger charge is 2.31. The lowest BCUT2D eigenvalue weighted by Crippen LogP contribution is -2.40. The fraction of sp³-hybridized carbons (Fsp3) is 0.208. The first-order valence-corrected chi connectivity index (χ1v) is 11.8. The lowest BCUT2D eigenvalue weighted by molar-refractivity contribution is -0.119. The van der Waals surface area contributed by atoms with Crippen LogP contribution in [0.15, 0.2) is 71.6 Å². The minimum atomic E-state index is -4.21. The Labute approximate surface area is 193 Å². The predicted octanol–water partition coefficient (Wildman–Crippen LogP) is 5.16. The van der Waals surface area contributed by atoms with Gasteiger partial charge in [0.2, 0.25) is 0 Å². The van der Waals surface area contributed by atoms with Crippen LogP contribution < -0.4 is 13.8 Å². The van der Waals surface area contributed by atoms with Crippen molar-refractivity contribution in [1.82, 2.24) is 0 Å². The fourth-order valence-corrected chi connectivity index (χ4v) is 4.52. The van der Waals surface area contributed by atoms with Crippen LogP contribution in [0, 0.1) is 13.8 Å². The summed E-state index contributed by atoms with van der Waals surface area (Å²) in [7, 11) is -4.21. The molecule has 0 saturated heterocycles. The van der Waals surface area contributed by atoms with Crippen LogP contribution in [0.3, 0.4) is 0 Å². The van der Waals surface area contributed by atoms with E-state index in [1.54, 1.807) is 24.3 Å². The molecule has 6 nitrogen and oxygen atoms in total. The number of halogens is 1. The van der Waals surface area contributed by atoms with Crippen molar-refractivity contribution in [2.75, 3.05) is 17.5 Å². The van der Waals surface area contributed by atoms with Crippen molar-refractivity contribution in [3.8, 4) is 11.5 Å². The Morgan fingerprint density at radius 3 is 2.09 bits per heavy atom. The molecule has 0 N–H and O–H groups in total. The zero-order valence-electron chi connectivity index (χ0n) is 18.0. The van der Waals surface area contributed by atoms with Crippen molar-refractivity contribution in [2.24, 2.45) is 0 Å². The van der Waals surface area contributed by atoms with Gasteiger partial charge in [-0.1, -0.05) is 17.7 Å². The first-order chi connectivity index (χ1) is 15.2. The molecule has 0 aliphatic heterocycles. The summed E-state index contributed by atoms with van der Waals surface area (Å²) in [5, 5.41) is 0.390. The Morgan fingerprint density at radius 1 is 0.875 bits per heavy atom. The van der Waals surface area contributed by atoms with Gasteiger partial charge in [-0.05, 0) is 92.6 Å². The zero-order valence-corrected chi connectivity index (χ0v) is 19.6. The number of ether oxygens (including phenoxy) is 2. The Bertz CT molecular complexity index is 1190. The minimum Gasteiger partial charge on any atom is -0.494 e. The molecule has 0 atom stereocenters. The molecule has 8 heteroatoms. The second-order valence-electron chi connectivity index (χ2n) is 7.08. The van der Waals surface area contributed by atoms with E-state index in [4.69, 9.17) is 21.1 Å². The van der Waals surface area contributed by atoms with Crippen molar-refractivity contribution in [3.63, 3.8) is 0 Å². The quantitative estimate of drug-likeness (QED) is 0.452. The van der Waals surface area contributed by atoms with Crippen molar-refractivity contribution in [3.05, 3.63) is 82.9 Å². The van der Waals surface area contributed by atoms with Gasteiger partial charge in [0, 0.05) is 5.02 Å². The molecular formula is C24H24ClNO5S. The smallest absolute Gasteiger partial charge is 0.278 e. The monoisotopic (exact) mass is 473 g/mol. The molecule has 32 heavy (non-hydrogen) atoms. The molecule has 0 unspecified atom stereocenters. The summed E-state index contributed by atoms with van der Waals surface area (Å²) in [6, 6.07) is 17.3. The molecule has 0 fully saturated rings. The summed E-state index contributed by atoms with van der Waals surface area (Å²) >= 11 is 5.90. The lowest BCUT2D eigenvalue weighted by Gasteiger charge is -2.23. The van der Waals surface area contributed by atoms with Gasteiger partial charge < -0.3 is 9.47 Å². The topological polar surface area (TPSA) is 72.9 Å². The highest BCUT2D eigenvalue weighted by Crippen LogP contribution is 2.27. The SMILES string of the molecule is CCOc1ccc(N(C(=O)COc2ccc(C)c(C)c2)S(=O)(=O)c2ccc(Cl)cc2)cc1. The molecule has 0 saturated carbocycles. The molecular weight excluding hydrogens is 450 g/mol. The molecule has 1 amide bonds. The standard InChI is InChI=1S/C24H24ClNO5S/c1-4-30-21-11-8-20(9-12-21)26(32(28,29)23-13-6-19(25)7-14-23)24(27)16-31-22-10-5-17(2)18(3)15-22/h5-15H,4,16H2,1-3H3. The Morgan fingerprint density at radius 2 is 1.50 bits per heavy atom. The first-order valence-electron chi connectivity index (χ1n) is 9.99. The number of amides is 1. The van der Waals surface area contributed by atoms with Gasteiger partial charge in [0.15, 0.2) is 6.61 Å². The fourth-order valence-electron chi connectivity index (χ4n) is 2.98. The van der Waals surface area contributed by atoms with E-state index in [-0.39, 0.29) is 10.6 Å². The second-order valence-corrected chi connectivity index (χ2v) is 9.30. The predicted molar refractivity (Wildman–Crippen MR) is 125 cm³/mol. The van der Waals surface area contributed by atoms with Crippen LogP contribution in [-0.4, -0.2) is 27.5 Å². The van der Waals surface area contributed by atoms with Crippen molar-refractivity contribution in [2.45, 2.75) is 25.7 Å². The van der Waals surface area contributed by atoms with Crippen LogP contribution in [-0.2, 0) is 14.8 Å². The van der Waals surface area contributed by atoms with Crippen LogP contribution >= 0.6 is 11.6 Å². The van der Waals surface area contributed by atoms with Gasteiger partial charge in [0.1, 0.15) is 11.5 Å². The molecule has 0 aliphatic carbocycles. The number of carbonyl (C=O) groups excluding carboxylic acids is 1. The van der Waals surface area contributed by atoms with E-state index in [0.717, 1.165) is 15.4 Å². The second kappa shape index (κ2) is 10.1. The third-order valence-corrected chi connectivity index (χ3v) is 6.82. The third kappa shape index (κ3) is 5.41. The average molecular weight is 474 g/mol. The number of aryl methyl sites for hydroxylation is 2. The van der Waals surface area contributed by atoms with E-state index in [1.165, 1.54) is 36.4 Å². The summed E-state index contributed by atoms with van der Waals surface area (Å²) in [5.41, 5.74) is 2.27. The van der Waals surface area contributed by atoms with Crippen LogP contribution in [0.4, 0.5) is 5.69 Å². The normalized spacial score (nSPS) is 11.1. The van der Waals surface area contributed by atoms with Crippen molar-refractivity contribution in [1.29, 1.82) is 0 Å². The van der Waals surface area contributed by atoms with E-state index in [1.807, 2.05) is 26.8 Å². The minimum absolute atomic E-state index is 0.0599. The molecule has 0 aliphatic rings. The molecule has 0 aromatic heterocycles. The van der Waals surface area contributed by atoms with Gasteiger partial charge in [-0.15, -0.1) is 0 Å². The maximum absolute atomic E-state index is 13.4. The zero-order chi connectivity index (χ0) is 23.3. The van der Waals surface area contributed by atoms with Gasteiger partial charge in [-0.3, -0.25) is 4.79 Å². The molecule has 0 bridgehead atoms. The Balaban J connectivity index is 1.94. The third-order valence-electron chi connectivity index (χ3n) is 4.80. The van der Waals surface area contributed by atoms with E-state index >= 15 is 0 Å². The van der Waals surface area contributed by atoms with Crippen LogP contribution in [0.1, 0.15) is 18.1 Å². The van der Waals surface area contributed by atoms with Crippen molar-refractivity contribution < 1.29 is 22.7 Å². The lowest BCUT2D eigenvalue weighted by atomic mass is 10.1. The Hall–Kier alpha value is -3.03. The first kappa shape index (κ1) is 23.6. The van der Waals surface area contributed by atoms with Gasteiger partial charge in [0.25, 0.3) is 15.9 Å². The van der Waals surface area contributed by atoms with E-state index in [0.29, 0.717) is 23.1 Å². The average Bonchev–Trinajstić information content (AvgIpc) is 2.76. The molecule has 3 aromatic carbocycles. The maximum Gasteiger partial charge on any atom is 0.278 e. The molecule has 168 valence electrons. The number of carbonyl (C=O) groups is 1. The van der Waals surface area contributed by atoms with Crippen LogP contribution in [0.2, 0.25) is 5.02 Å². The molecule has 0 radical (unpaired) electrons. The van der Waals surface area contributed by atoms with Crippen LogP contribution in [0.25, 0.3) is 0 Å². The number of hydrogen-bond donors (Lipinski definition) is 0. The highest BCUT2D eigenvalue weighted by atomic mass is 35.5. The number of sulfonamides is 1. The molecule has 3 aromatic rings. The van der Waals surface area contributed by atoms with Crippen molar-refractivity contribution >= 4 is 33.2 Å². The van der Waals surface area contributed by atoms with Gasteiger partial charge in [0.05, 0.1) is 17.2 Å². The molecule has 0 heterocycles. The number of benzene rings is 3. The highest BCUT2D eigenvalue weighted by molar-refractivity contribution is 7.93. The van der Waals surface area contributed by atoms with E-state index in [9.17, 15) is 13.2 Å². The van der Waals surface area contributed by atoms with Gasteiger partial charge in [-0.2, -0.15) is 4.31 Å². The number of nitrogens with zero attached hydrogens (tertiary/aromatic N) is 1. The summed E-state index contributed by atoms with van der Waals surface area (Å²) in [4.78, 5) is 13.1. The summed E-state index contributed by atoms with van der Waals surface area (Å²) in [6.07, 6.45) is 0. The number of hydrogen-bond acceptors (Lipinski definition) is 5. The Kier molecular flexibility index (Phi) is 7.43. The summed E-state index contributed by atoms with van der Waals surface area (Å²) in [5.74, 6) is 0.318. The number of rotatable bonds is 8. The van der Waals surface area contributed by atoms with E-state index < -0.39 is 22.5 Å². The van der Waals surface area contributed by atoms with E-state index in [2.05, 4.69) is 0 Å². The number of anilines is 1. The maximum atomic E-state index is 13.4. The summed E-state index contributed by atoms with van der Waals surface area (Å²) < 4.78 is 38.5. The molecule has 0 spiro atoms.